The van der Waals surface area contributed by atoms with Crippen molar-refractivity contribution in [2.75, 3.05) is 24.5 Å². The van der Waals surface area contributed by atoms with Crippen molar-refractivity contribution < 1.29 is 9.18 Å². The molecular formula is C20H23FN4O. The van der Waals surface area contributed by atoms with Crippen molar-refractivity contribution in [3.63, 3.8) is 0 Å². The highest BCUT2D eigenvalue weighted by Crippen LogP contribution is 2.41. The summed E-state index contributed by atoms with van der Waals surface area (Å²) in [5.41, 5.74) is 1.54. The van der Waals surface area contributed by atoms with Crippen LogP contribution >= 0.6 is 0 Å². The number of hydrogen-bond donors (Lipinski definition) is 0. The van der Waals surface area contributed by atoms with Gasteiger partial charge in [-0.2, -0.15) is 0 Å². The second-order valence-corrected chi connectivity index (χ2v) is 7.38. The fraction of sp³-hybridized carbons (Fsp3) is 0.450. The molecule has 2 saturated heterocycles. The summed E-state index contributed by atoms with van der Waals surface area (Å²) in [4.78, 5) is 25.7. The zero-order valence-electron chi connectivity index (χ0n) is 14.8. The van der Waals surface area contributed by atoms with Gasteiger partial charge in [0.15, 0.2) is 0 Å². The van der Waals surface area contributed by atoms with E-state index in [0.717, 1.165) is 56.6 Å². The van der Waals surface area contributed by atoms with Crippen LogP contribution in [0.15, 0.2) is 43.0 Å². The van der Waals surface area contributed by atoms with Gasteiger partial charge in [0.05, 0.1) is 5.41 Å². The molecular weight excluding hydrogens is 331 g/mol. The van der Waals surface area contributed by atoms with E-state index < -0.39 is 0 Å². The molecule has 0 bridgehead atoms. The van der Waals surface area contributed by atoms with E-state index in [1.807, 2.05) is 17.3 Å². The van der Waals surface area contributed by atoms with Crippen LogP contribution in [0.1, 0.15) is 31.2 Å². The Kier molecular flexibility index (Phi) is 4.68. The molecule has 1 atom stereocenters. The van der Waals surface area contributed by atoms with Gasteiger partial charge in [-0.25, -0.2) is 14.4 Å². The minimum absolute atomic E-state index is 0.185. The molecule has 26 heavy (non-hydrogen) atoms. The van der Waals surface area contributed by atoms with Crippen molar-refractivity contribution >= 4 is 11.6 Å². The maximum Gasteiger partial charge on any atom is 0.234 e. The van der Waals surface area contributed by atoms with E-state index in [1.165, 1.54) is 18.5 Å². The molecule has 4 rings (SSSR count). The highest BCUT2D eigenvalue weighted by Gasteiger charge is 2.46. The molecule has 1 amide bonds. The zero-order chi connectivity index (χ0) is 18.0. The number of benzene rings is 1. The average Bonchev–Trinajstić information content (AvgIpc) is 2.66. The van der Waals surface area contributed by atoms with Crippen LogP contribution in [-0.4, -0.2) is 40.4 Å². The van der Waals surface area contributed by atoms with E-state index in [2.05, 4.69) is 14.9 Å². The fourth-order valence-electron chi connectivity index (χ4n) is 4.35. The van der Waals surface area contributed by atoms with Crippen molar-refractivity contribution in [3.05, 3.63) is 54.4 Å². The van der Waals surface area contributed by atoms with Gasteiger partial charge < -0.3 is 4.90 Å². The summed E-state index contributed by atoms with van der Waals surface area (Å²) in [6.45, 7) is 3.23. The topological polar surface area (TPSA) is 49.3 Å². The molecule has 1 aromatic carbocycles. The van der Waals surface area contributed by atoms with Crippen LogP contribution in [0.5, 0.6) is 0 Å². The normalized spacial score (nSPS) is 24.2. The van der Waals surface area contributed by atoms with Gasteiger partial charge in [0.2, 0.25) is 5.91 Å². The molecule has 1 spiro atoms. The van der Waals surface area contributed by atoms with Crippen LogP contribution < -0.4 is 4.90 Å². The van der Waals surface area contributed by atoms with Crippen LogP contribution in [-0.2, 0) is 11.3 Å². The number of carbonyl (C=O) groups excluding carboxylic acids is 1. The van der Waals surface area contributed by atoms with Crippen LogP contribution in [0, 0.1) is 11.2 Å². The van der Waals surface area contributed by atoms with Gasteiger partial charge >= 0.3 is 0 Å². The Balaban J connectivity index is 1.52. The quantitative estimate of drug-likeness (QED) is 0.850. The maximum absolute atomic E-state index is 13.4. The van der Waals surface area contributed by atoms with E-state index >= 15 is 0 Å². The fourth-order valence-corrected chi connectivity index (χ4v) is 4.35. The third-order valence-electron chi connectivity index (χ3n) is 5.55. The molecule has 0 aliphatic carbocycles. The SMILES string of the molecule is O=C1N(c2ccc(F)cc2)CCCC12CCCN(Cc1cncnc1)C2. The first-order valence-electron chi connectivity index (χ1n) is 9.20. The first kappa shape index (κ1) is 17.1. The molecule has 1 aromatic heterocycles. The lowest BCUT2D eigenvalue weighted by molar-refractivity contribution is -0.134. The van der Waals surface area contributed by atoms with Gasteiger partial charge in [-0.15, -0.1) is 0 Å². The Morgan fingerprint density at radius 1 is 1.04 bits per heavy atom. The highest BCUT2D eigenvalue weighted by atomic mass is 19.1. The van der Waals surface area contributed by atoms with Gasteiger partial charge in [0.25, 0.3) is 0 Å². The van der Waals surface area contributed by atoms with E-state index in [1.54, 1.807) is 12.1 Å². The Morgan fingerprint density at radius 3 is 2.46 bits per heavy atom. The minimum Gasteiger partial charge on any atom is -0.312 e. The molecule has 0 N–H and O–H groups in total. The van der Waals surface area contributed by atoms with Crippen molar-refractivity contribution in [3.8, 4) is 0 Å². The number of anilines is 1. The number of carbonyl (C=O) groups is 1. The third-order valence-corrected chi connectivity index (χ3v) is 5.55. The molecule has 3 heterocycles. The molecule has 2 aromatic rings. The smallest absolute Gasteiger partial charge is 0.234 e. The second-order valence-electron chi connectivity index (χ2n) is 7.38. The van der Waals surface area contributed by atoms with E-state index in [9.17, 15) is 9.18 Å². The number of aromatic nitrogens is 2. The molecule has 136 valence electrons. The first-order valence-corrected chi connectivity index (χ1v) is 9.20. The van der Waals surface area contributed by atoms with Crippen molar-refractivity contribution in [2.45, 2.75) is 32.2 Å². The zero-order valence-corrected chi connectivity index (χ0v) is 14.8. The summed E-state index contributed by atoms with van der Waals surface area (Å²) in [5.74, 6) is -0.0915. The highest BCUT2D eigenvalue weighted by molar-refractivity contribution is 5.98. The predicted octanol–water partition coefficient (Wildman–Crippen LogP) is 3.02. The van der Waals surface area contributed by atoms with Gasteiger partial charge in [0, 0.05) is 43.3 Å². The Bertz CT molecular complexity index is 763. The summed E-state index contributed by atoms with van der Waals surface area (Å²) in [5, 5.41) is 0. The van der Waals surface area contributed by atoms with Crippen molar-refractivity contribution in [1.82, 2.24) is 14.9 Å². The number of likely N-dealkylation sites (tertiary alicyclic amines) is 1. The van der Waals surface area contributed by atoms with E-state index in [-0.39, 0.29) is 17.1 Å². The van der Waals surface area contributed by atoms with Gasteiger partial charge in [-0.1, -0.05) is 0 Å². The molecule has 6 heteroatoms. The second kappa shape index (κ2) is 7.11. The molecule has 5 nitrogen and oxygen atoms in total. The predicted molar refractivity (Wildman–Crippen MR) is 97.0 cm³/mol. The minimum atomic E-state index is -0.333. The third kappa shape index (κ3) is 3.33. The molecule has 2 aliphatic rings. The molecule has 0 saturated carbocycles. The summed E-state index contributed by atoms with van der Waals surface area (Å²) >= 11 is 0. The lowest BCUT2D eigenvalue weighted by Crippen LogP contribution is -2.56. The average molecular weight is 354 g/mol. The van der Waals surface area contributed by atoms with Gasteiger partial charge in [0.1, 0.15) is 12.1 Å². The maximum atomic E-state index is 13.4. The number of piperidine rings is 2. The van der Waals surface area contributed by atoms with Gasteiger partial charge in [-0.3, -0.25) is 9.69 Å². The lowest BCUT2D eigenvalue weighted by Gasteiger charge is -2.47. The Hall–Kier alpha value is -2.34. The van der Waals surface area contributed by atoms with Crippen LogP contribution in [0.3, 0.4) is 0 Å². The summed E-state index contributed by atoms with van der Waals surface area (Å²) in [7, 11) is 0. The van der Waals surface area contributed by atoms with Crippen LogP contribution in [0.2, 0.25) is 0 Å². The lowest BCUT2D eigenvalue weighted by atomic mass is 9.72. The number of rotatable bonds is 3. The molecule has 1 unspecified atom stereocenters. The molecule has 2 fully saturated rings. The van der Waals surface area contributed by atoms with Crippen LogP contribution in [0.4, 0.5) is 10.1 Å². The number of halogens is 1. The van der Waals surface area contributed by atoms with E-state index in [4.69, 9.17) is 0 Å². The monoisotopic (exact) mass is 354 g/mol. The first-order chi connectivity index (χ1) is 12.7. The largest absolute Gasteiger partial charge is 0.312 e. The Labute approximate surface area is 152 Å². The summed E-state index contributed by atoms with van der Waals surface area (Å²) < 4.78 is 13.2. The summed E-state index contributed by atoms with van der Waals surface area (Å²) in [6, 6.07) is 6.25. The molecule has 2 aliphatic heterocycles. The van der Waals surface area contributed by atoms with E-state index in [0.29, 0.717) is 6.54 Å². The number of nitrogens with zero attached hydrogens (tertiary/aromatic N) is 4. The Morgan fingerprint density at radius 2 is 1.73 bits per heavy atom. The van der Waals surface area contributed by atoms with Gasteiger partial charge in [-0.05, 0) is 56.5 Å². The number of amides is 1. The van der Waals surface area contributed by atoms with Crippen molar-refractivity contribution in [2.24, 2.45) is 5.41 Å². The molecule has 0 radical (unpaired) electrons. The van der Waals surface area contributed by atoms with Crippen molar-refractivity contribution in [1.29, 1.82) is 0 Å². The number of hydrogen-bond acceptors (Lipinski definition) is 4. The van der Waals surface area contributed by atoms with Crippen LogP contribution in [0.25, 0.3) is 0 Å². The summed E-state index contributed by atoms with van der Waals surface area (Å²) in [6.07, 6.45) is 9.04. The standard InChI is InChI=1S/C20H23FN4O/c21-17-3-5-18(6-4-17)25-10-2-8-20(19(25)26)7-1-9-24(14-20)13-16-11-22-15-23-12-16/h3-6,11-12,15H,1-2,7-10,13-14H2.